The number of halogens is 1. The zero-order valence-corrected chi connectivity index (χ0v) is 14.6. The fraction of sp³-hybridized carbons (Fsp3) is 0.176. The van der Waals surface area contributed by atoms with Gasteiger partial charge in [-0.2, -0.15) is 0 Å². The van der Waals surface area contributed by atoms with Gasteiger partial charge in [0.1, 0.15) is 0 Å². The number of rotatable bonds is 6. The van der Waals surface area contributed by atoms with Gasteiger partial charge >= 0.3 is 5.97 Å². The first-order valence-corrected chi connectivity index (χ1v) is 8.73. The number of hydrogen-bond acceptors (Lipinski definition) is 4. The van der Waals surface area contributed by atoms with Crippen molar-refractivity contribution in [1.29, 1.82) is 0 Å². The van der Waals surface area contributed by atoms with Crippen molar-refractivity contribution in [3.8, 4) is 0 Å². The first kappa shape index (κ1) is 16.0. The lowest BCUT2D eigenvalue weighted by Crippen LogP contribution is -2.13. The van der Waals surface area contributed by atoms with Crippen LogP contribution in [0.2, 0.25) is 0 Å². The Balaban J connectivity index is 1.51. The molecule has 0 unspecified atom stereocenters. The van der Waals surface area contributed by atoms with Gasteiger partial charge in [-0.25, -0.2) is 0 Å². The molecule has 118 valence electrons. The zero-order valence-electron chi connectivity index (χ0n) is 12.2. The number of ether oxygens (including phenoxy) is 1. The zero-order chi connectivity index (χ0) is 16.2. The molecule has 6 heteroatoms. The molecule has 0 saturated heterocycles. The monoisotopic (exact) mass is 391 g/mol. The summed E-state index contributed by atoms with van der Waals surface area (Å²) in [5, 5.41) is 1.11. The van der Waals surface area contributed by atoms with Gasteiger partial charge in [-0.05, 0) is 46.1 Å². The quantitative estimate of drug-likeness (QED) is 0.501. The molecule has 0 bridgehead atoms. The van der Waals surface area contributed by atoms with Crippen LogP contribution in [0, 0.1) is 0 Å². The molecule has 0 atom stereocenters. The number of aromatic amines is 1. The largest absolute Gasteiger partial charge is 0.457 e. The average Bonchev–Trinajstić information content (AvgIpc) is 3.17. The number of hydrogen-bond donors (Lipinski definition) is 1. The number of ketones is 1. The van der Waals surface area contributed by atoms with E-state index in [1.54, 1.807) is 12.1 Å². The Hall–Kier alpha value is -1.92. The number of carbonyl (C=O) groups excluding carboxylic acids is 2. The van der Waals surface area contributed by atoms with Crippen molar-refractivity contribution in [2.24, 2.45) is 0 Å². The maximum Gasteiger partial charge on any atom is 0.306 e. The summed E-state index contributed by atoms with van der Waals surface area (Å²) in [6, 6.07) is 11.5. The van der Waals surface area contributed by atoms with E-state index in [1.807, 2.05) is 30.5 Å². The Morgan fingerprint density at radius 2 is 2.00 bits per heavy atom. The van der Waals surface area contributed by atoms with Crippen molar-refractivity contribution >= 4 is 49.9 Å². The molecule has 1 N–H and O–H groups in total. The number of benzene rings is 1. The molecule has 1 aromatic carbocycles. The Kier molecular flexibility index (Phi) is 4.93. The van der Waals surface area contributed by atoms with Crippen molar-refractivity contribution < 1.29 is 14.3 Å². The summed E-state index contributed by atoms with van der Waals surface area (Å²) in [6.45, 7) is -0.209. The molecule has 3 rings (SSSR count). The highest BCUT2D eigenvalue weighted by molar-refractivity contribution is 9.11. The molecule has 0 amide bonds. The summed E-state index contributed by atoms with van der Waals surface area (Å²) in [5.74, 6) is -0.541. The Bertz CT molecular complexity index is 852. The maximum absolute atomic E-state index is 11.9. The molecule has 0 radical (unpaired) electrons. The van der Waals surface area contributed by atoms with E-state index in [0.717, 1.165) is 20.3 Å². The molecule has 0 spiro atoms. The topological polar surface area (TPSA) is 59.2 Å². The lowest BCUT2D eigenvalue weighted by Gasteiger charge is -2.03. The van der Waals surface area contributed by atoms with Gasteiger partial charge in [0.2, 0.25) is 5.78 Å². The van der Waals surface area contributed by atoms with Crippen LogP contribution >= 0.6 is 27.3 Å². The Morgan fingerprint density at radius 1 is 1.17 bits per heavy atom. The van der Waals surface area contributed by atoms with Crippen LogP contribution in [-0.4, -0.2) is 23.3 Å². The van der Waals surface area contributed by atoms with Gasteiger partial charge in [-0.1, -0.05) is 18.2 Å². The number of thiophene rings is 1. The van der Waals surface area contributed by atoms with Gasteiger partial charge in [-0.3, -0.25) is 9.59 Å². The third-order valence-corrected chi connectivity index (χ3v) is 5.15. The number of nitrogens with one attached hydrogen (secondary N) is 1. The number of esters is 1. The van der Waals surface area contributed by atoms with E-state index in [-0.39, 0.29) is 24.8 Å². The van der Waals surface area contributed by atoms with Crippen LogP contribution in [0.15, 0.2) is 46.4 Å². The highest BCUT2D eigenvalue weighted by Gasteiger charge is 2.13. The van der Waals surface area contributed by atoms with E-state index in [0.29, 0.717) is 11.3 Å². The summed E-state index contributed by atoms with van der Waals surface area (Å²) >= 11 is 4.63. The summed E-state index contributed by atoms with van der Waals surface area (Å²) in [7, 11) is 0. The molecular weight excluding hydrogens is 378 g/mol. The lowest BCUT2D eigenvalue weighted by molar-refractivity contribution is -0.142. The minimum atomic E-state index is -0.362. The SMILES string of the molecule is O=C(CCc1c[nH]c2ccccc12)OCC(=O)c1ccc(Br)s1. The normalized spacial score (nSPS) is 10.8. The number of para-hydroxylation sites is 1. The number of aryl methyl sites for hydroxylation is 1. The molecule has 23 heavy (non-hydrogen) atoms. The van der Waals surface area contributed by atoms with Crippen LogP contribution in [0.25, 0.3) is 10.9 Å². The van der Waals surface area contributed by atoms with Crippen LogP contribution in [0.3, 0.4) is 0 Å². The molecule has 2 heterocycles. The first-order chi connectivity index (χ1) is 11.1. The summed E-state index contributed by atoms with van der Waals surface area (Å²) in [6.07, 6.45) is 2.75. The standard InChI is InChI=1S/C17H14BrNO3S/c18-16-7-6-15(23-16)14(20)10-22-17(21)8-5-11-9-19-13-4-2-1-3-12(11)13/h1-4,6-7,9,19H,5,8,10H2. The number of carbonyl (C=O) groups is 2. The second-order valence-corrected chi connectivity index (χ2v) is 7.51. The summed E-state index contributed by atoms with van der Waals surface area (Å²) < 4.78 is 5.95. The molecule has 2 aromatic heterocycles. The van der Waals surface area contributed by atoms with Gasteiger partial charge in [0, 0.05) is 23.5 Å². The second kappa shape index (κ2) is 7.10. The minimum Gasteiger partial charge on any atom is -0.457 e. The fourth-order valence-corrected chi connectivity index (χ4v) is 3.64. The van der Waals surface area contributed by atoms with E-state index >= 15 is 0 Å². The Labute approximate surface area is 145 Å². The van der Waals surface area contributed by atoms with Gasteiger partial charge in [0.15, 0.2) is 6.61 Å². The predicted molar refractivity (Wildman–Crippen MR) is 93.9 cm³/mol. The van der Waals surface area contributed by atoms with E-state index in [2.05, 4.69) is 20.9 Å². The molecule has 0 aliphatic heterocycles. The van der Waals surface area contributed by atoms with Crippen LogP contribution in [0.4, 0.5) is 0 Å². The summed E-state index contributed by atoms with van der Waals surface area (Å²) in [4.78, 5) is 27.5. The Morgan fingerprint density at radius 3 is 2.78 bits per heavy atom. The molecule has 0 saturated carbocycles. The van der Waals surface area contributed by atoms with Crippen molar-refractivity contribution in [1.82, 2.24) is 4.98 Å². The fourth-order valence-electron chi connectivity index (χ4n) is 2.33. The molecule has 0 aliphatic rings. The van der Waals surface area contributed by atoms with Crippen molar-refractivity contribution in [2.45, 2.75) is 12.8 Å². The van der Waals surface area contributed by atoms with E-state index in [1.165, 1.54) is 11.3 Å². The number of Topliss-reactive ketones (excluding diaryl/α,β-unsaturated/α-hetero) is 1. The highest BCUT2D eigenvalue weighted by atomic mass is 79.9. The smallest absolute Gasteiger partial charge is 0.306 e. The van der Waals surface area contributed by atoms with Crippen LogP contribution in [0.5, 0.6) is 0 Å². The molecule has 0 aliphatic carbocycles. The van der Waals surface area contributed by atoms with Gasteiger partial charge < -0.3 is 9.72 Å². The minimum absolute atomic E-state index is 0.179. The highest BCUT2D eigenvalue weighted by Crippen LogP contribution is 2.22. The number of fused-ring (bicyclic) bond motifs is 1. The number of H-pyrrole nitrogens is 1. The van der Waals surface area contributed by atoms with E-state index in [9.17, 15) is 9.59 Å². The van der Waals surface area contributed by atoms with Gasteiger partial charge in [-0.15, -0.1) is 11.3 Å². The first-order valence-electron chi connectivity index (χ1n) is 7.12. The van der Waals surface area contributed by atoms with Crippen molar-refractivity contribution in [3.05, 3.63) is 56.8 Å². The van der Waals surface area contributed by atoms with Crippen LogP contribution in [-0.2, 0) is 16.0 Å². The average molecular weight is 392 g/mol. The summed E-state index contributed by atoms with van der Waals surface area (Å²) in [5.41, 5.74) is 2.13. The number of aromatic nitrogens is 1. The van der Waals surface area contributed by atoms with E-state index in [4.69, 9.17) is 4.74 Å². The van der Waals surface area contributed by atoms with Crippen LogP contribution in [0.1, 0.15) is 21.7 Å². The van der Waals surface area contributed by atoms with E-state index < -0.39 is 0 Å². The van der Waals surface area contributed by atoms with Crippen molar-refractivity contribution in [3.63, 3.8) is 0 Å². The molecule has 4 nitrogen and oxygen atoms in total. The molecule has 3 aromatic rings. The molecular formula is C17H14BrNO3S. The lowest BCUT2D eigenvalue weighted by atomic mass is 10.1. The van der Waals surface area contributed by atoms with Gasteiger partial charge in [0.25, 0.3) is 0 Å². The predicted octanol–water partition coefficient (Wildman–Crippen LogP) is 4.35. The van der Waals surface area contributed by atoms with Crippen LogP contribution < -0.4 is 0 Å². The second-order valence-electron chi connectivity index (χ2n) is 5.05. The van der Waals surface area contributed by atoms with Crippen molar-refractivity contribution in [2.75, 3.05) is 6.61 Å². The third kappa shape index (κ3) is 3.89. The molecule has 0 fully saturated rings. The third-order valence-electron chi connectivity index (χ3n) is 3.49. The maximum atomic E-state index is 11.9. The van der Waals surface area contributed by atoms with Gasteiger partial charge in [0.05, 0.1) is 8.66 Å².